The third-order valence-corrected chi connectivity index (χ3v) is 3.37. The van der Waals surface area contributed by atoms with Gasteiger partial charge in [-0.15, -0.1) is 0 Å². The van der Waals surface area contributed by atoms with Crippen LogP contribution in [0, 0.1) is 10.1 Å². The summed E-state index contributed by atoms with van der Waals surface area (Å²) in [5, 5.41) is 13.6. The number of alkyl halides is 2. The van der Waals surface area contributed by atoms with Crippen molar-refractivity contribution in [3.63, 3.8) is 0 Å². The fourth-order valence-corrected chi connectivity index (χ4v) is 2.20. The maximum absolute atomic E-state index is 12.3. The molecular formula is C13H11F2N3O2S. The van der Waals surface area contributed by atoms with Gasteiger partial charge in [-0.2, -0.15) is 8.78 Å². The van der Waals surface area contributed by atoms with E-state index in [1.165, 1.54) is 24.3 Å². The normalized spacial score (nSPS) is 10.7. The number of hydrogen-bond donors (Lipinski definition) is 1. The lowest BCUT2D eigenvalue weighted by Crippen LogP contribution is -1.97. The fourth-order valence-electron chi connectivity index (χ4n) is 1.70. The number of rotatable bonds is 5. The molecule has 0 saturated heterocycles. The number of thioether (sulfide) groups is 1. The molecule has 0 unspecified atom stereocenters. The first kappa shape index (κ1) is 15.2. The molecule has 0 aliphatic rings. The van der Waals surface area contributed by atoms with Crippen molar-refractivity contribution in [3.8, 4) is 11.3 Å². The van der Waals surface area contributed by atoms with Crippen LogP contribution in [-0.2, 0) is 0 Å². The average Bonchev–Trinajstić information content (AvgIpc) is 2.46. The molecule has 0 aliphatic carbocycles. The number of nitrogens with one attached hydrogen (secondary N) is 1. The van der Waals surface area contributed by atoms with Gasteiger partial charge in [0.2, 0.25) is 0 Å². The van der Waals surface area contributed by atoms with Gasteiger partial charge in [0.05, 0.1) is 16.7 Å². The van der Waals surface area contributed by atoms with E-state index in [-0.39, 0.29) is 5.69 Å². The highest BCUT2D eigenvalue weighted by Crippen LogP contribution is 2.29. The van der Waals surface area contributed by atoms with Gasteiger partial charge >= 0.3 is 0 Å². The van der Waals surface area contributed by atoms with E-state index in [1.807, 2.05) is 0 Å². The van der Waals surface area contributed by atoms with Crippen molar-refractivity contribution in [2.24, 2.45) is 0 Å². The number of benzene rings is 1. The molecule has 1 aromatic carbocycles. The Morgan fingerprint density at radius 1 is 1.29 bits per heavy atom. The summed E-state index contributed by atoms with van der Waals surface area (Å²) in [4.78, 5) is 15.0. The van der Waals surface area contributed by atoms with E-state index in [2.05, 4.69) is 10.3 Å². The van der Waals surface area contributed by atoms with Crippen LogP contribution in [0.3, 0.4) is 0 Å². The Morgan fingerprint density at radius 2 is 1.95 bits per heavy atom. The van der Waals surface area contributed by atoms with Gasteiger partial charge in [0.1, 0.15) is 5.82 Å². The summed E-state index contributed by atoms with van der Waals surface area (Å²) in [5.41, 5.74) is 0.936. The van der Waals surface area contributed by atoms with Crippen molar-refractivity contribution in [1.82, 2.24) is 4.98 Å². The Balaban J connectivity index is 2.36. The molecule has 0 amide bonds. The predicted molar refractivity (Wildman–Crippen MR) is 77.7 cm³/mol. The van der Waals surface area contributed by atoms with Crippen LogP contribution in [0.15, 0.2) is 41.3 Å². The maximum Gasteiger partial charge on any atom is 0.288 e. The van der Waals surface area contributed by atoms with Crippen LogP contribution in [0.25, 0.3) is 11.3 Å². The van der Waals surface area contributed by atoms with E-state index in [0.717, 1.165) is 0 Å². The Hall–Kier alpha value is -2.22. The molecule has 1 heterocycles. The summed E-state index contributed by atoms with van der Waals surface area (Å²) in [6.07, 6.45) is 0. The molecule has 110 valence electrons. The Bertz CT molecular complexity index is 650. The Kier molecular flexibility index (Phi) is 4.69. The van der Waals surface area contributed by atoms with Crippen molar-refractivity contribution in [3.05, 3.63) is 46.5 Å². The van der Waals surface area contributed by atoms with E-state index in [9.17, 15) is 18.9 Å². The molecule has 0 radical (unpaired) electrons. The van der Waals surface area contributed by atoms with Crippen LogP contribution in [0.1, 0.15) is 0 Å². The van der Waals surface area contributed by atoms with E-state index in [1.54, 1.807) is 19.2 Å². The molecule has 2 aromatic rings. The van der Waals surface area contributed by atoms with E-state index < -0.39 is 10.7 Å². The van der Waals surface area contributed by atoms with E-state index in [0.29, 0.717) is 33.7 Å². The standard InChI is InChI=1S/C13H11F2N3O2S/c1-16-12-7-9(18(19)20)6-11(17-12)8-2-4-10(5-3-8)21-13(14)15/h2-7,13H,1H3,(H,16,17). The fraction of sp³-hybridized carbons (Fsp3) is 0.154. The van der Waals surface area contributed by atoms with Gasteiger partial charge in [0.15, 0.2) is 0 Å². The lowest BCUT2D eigenvalue weighted by Gasteiger charge is -2.06. The number of pyridine rings is 1. The molecule has 1 N–H and O–H groups in total. The minimum Gasteiger partial charge on any atom is -0.373 e. The average molecular weight is 311 g/mol. The van der Waals surface area contributed by atoms with Crippen LogP contribution in [0.4, 0.5) is 20.3 Å². The van der Waals surface area contributed by atoms with Crippen molar-refractivity contribution < 1.29 is 13.7 Å². The van der Waals surface area contributed by atoms with Crippen LogP contribution >= 0.6 is 11.8 Å². The molecular weight excluding hydrogens is 300 g/mol. The molecule has 8 heteroatoms. The molecule has 21 heavy (non-hydrogen) atoms. The maximum atomic E-state index is 12.3. The zero-order chi connectivity index (χ0) is 15.4. The van der Waals surface area contributed by atoms with Crippen LogP contribution in [-0.4, -0.2) is 22.7 Å². The lowest BCUT2D eigenvalue weighted by atomic mass is 10.1. The zero-order valence-corrected chi connectivity index (χ0v) is 11.7. The molecule has 0 fully saturated rings. The van der Waals surface area contributed by atoms with Gasteiger partial charge in [-0.3, -0.25) is 10.1 Å². The van der Waals surface area contributed by atoms with Crippen LogP contribution in [0.5, 0.6) is 0 Å². The summed E-state index contributed by atoms with van der Waals surface area (Å²) in [6.45, 7) is 0. The minimum absolute atomic E-state index is 0.0876. The molecule has 2 rings (SSSR count). The van der Waals surface area contributed by atoms with Gasteiger partial charge < -0.3 is 5.32 Å². The first-order chi connectivity index (χ1) is 9.99. The number of aromatic nitrogens is 1. The smallest absolute Gasteiger partial charge is 0.288 e. The molecule has 0 atom stereocenters. The van der Waals surface area contributed by atoms with Crippen molar-refractivity contribution >= 4 is 23.3 Å². The number of halogens is 2. The van der Waals surface area contributed by atoms with Crippen molar-refractivity contribution in [2.75, 3.05) is 12.4 Å². The molecule has 0 spiro atoms. The number of nitrogens with zero attached hydrogens (tertiary/aromatic N) is 2. The third kappa shape index (κ3) is 3.88. The van der Waals surface area contributed by atoms with Crippen molar-refractivity contribution in [2.45, 2.75) is 10.7 Å². The number of hydrogen-bond acceptors (Lipinski definition) is 5. The van der Waals surface area contributed by atoms with Gasteiger partial charge in [-0.1, -0.05) is 23.9 Å². The molecule has 5 nitrogen and oxygen atoms in total. The van der Waals surface area contributed by atoms with Crippen LogP contribution < -0.4 is 5.32 Å². The number of nitro groups is 1. The highest BCUT2D eigenvalue weighted by Gasteiger charge is 2.12. The second kappa shape index (κ2) is 6.49. The van der Waals surface area contributed by atoms with Gasteiger partial charge in [-0.25, -0.2) is 4.98 Å². The van der Waals surface area contributed by atoms with E-state index in [4.69, 9.17) is 0 Å². The largest absolute Gasteiger partial charge is 0.373 e. The summed E-state index contributed by atoms with van der Waals surface area (Å²) >= 11 is 0.444. The van der Waals surface area contributed by atoms with Crippen molar-refractivity contribution in [1.29, 1.82) is 0 Å². The SMILES string of the molecule is CNc1cc([N+](=O)[O-])cc(-c2ccc(SC(F)F)cc2)n1. The highest BCUT2D eigenvalue weighted by molar-refractivity contribution is 7.99. The zero-order valence-electron chi connectivity index (χ0n) is 10.9. The predicted octanol–water partition coefficient (Wildman–Crippen LogP) is 4.01. The van der Waals surface area contributed by atoms with E-state index >= 15 is 0 Å². The second-order valence-electron chi connectivity index (χ2n) is 4.01. The first-order valence-corrected chi connectivity index (χ1v) is 6.77. The molecule has 0 aliphatic heterocycles. The second-order valence-corrected chi connectivity index (χ2v) is 5.07. The molecule has 0 saturated carbocycles. The summed E-state index contributed by atoms with van der Waals surface area (Å²) < 4.78 is 24.5. The summed E-state index contributed by atoms with van der Waals surface area (Å²) in [5.74, 6) is -2.12. The number of anilines is 1. The Labute approximate surface area is 123 Å². The van der Waals surface area contributed by atoms with Gasteiger partial charge in [0.25, 0.3) is 11.4 Å². The third-order valence-electron chi connectivity index (χ3n) is 2.65. The quantitative estimate of drug-likeness (QED) is 0.513. The first-order valence-electron chi connectivity index (χ1n) is 5.89. The minimum atomic E-state index is -2.48. The summed E-state index contributed by atoms with van der Waals surface area (Å²) in [6, 6.07) is 8.95. The molecule has 1 aromatic heterocycles. The van der Waals surface area contributed by atoms with Gasteiger partial charge in [-0.05, 0) is 12.1 Å². The molecule has 0 bridgehead atoms. The monoisotopic (exact) mass is 311 g/mol. The Morgan fingerprint density at radius 3 is 2.48 bits per heavy atom. The van der Waals surface area contributed by atoms with Crippen LogP contribution in [0.2, 0.25) is 0 Å². The topological polar surface area (TPSA) is 68.1 Å². The van der Waals surface area contributed by atoms with Gasteiger partial charge in [0, 0.05) is 23.6 Å². The highest BCUT2D eigenvalue weighted by atomic mass is 32.2. The summed E-state index contributed by atoms with van der Waals surface area (Å²) in [7, 11) is 1.61. The lowest BCUT2D eigenvalue weighted by molar-refractivity contribution is -0.384.